The zero-order valence-electron chi connectivity index (χ0n) is 11.3. The van der Waals surface area contributed by atoms with Gasteiger partial charge < -0.3 is 14.0 Å². The molecule has 0 saturated heterocycles. The molecule has 22 heavy (non-hydrogen) atoms. The second-order valence-corrected chi connectivity index (χ2v) is 6.64. The third-order valence-corrected chi connectivity index (χ3v) is 4.63. The molecule has 1 heterocycles. The molecule has 0 aromatic heterocycles. The zero-order chi connectivity index (χ0) is 15.7. The van der Waals surface area contributed by atoms with Gasteiger partial charge in [0.1, 0.15) is 11.5 Å². The van der Waals surface area contributed by atoms with E-state index in [0.29, 0.717) is 33.9 Å². The van der Waals surface area contributed by atoms with Gasteiger partial charge in [-0.1, -0.05) is 35.3 Å². The van der Waals surface area contributed by atoms with E-state index in [1.54, 1.807) is 30.3 Å². The topological polar surface area (TPSA) is 55.8 Å². The second kappa shape index (κ2) is 6.46. The van der Waals surface area contributed by atoms with Gasteiger partial charge in [-0.25, -0.2) is 4.21 Å². The Labute approximate surface area is 140 Å². The van der Waals surface area contributed by atoms with Crippen LogP contribution < -0.4 is 9.47 Å². The van der Waals surface area contributed by atoms with Gasteiger partial charge in [-0.3, -0.25) is 0 Å². The minimum absolute atomic E-state index is 0.0845. The van der Waals surface area contributed by atoms with Gasteiger partial charge in [0, 0.05) is 17.5 Å². The molecule has 2 aromatic rings. The van der Waals surface area contributed by atoms with Crippen LogP contribution in [0.1, 0.15) is 11.5 Å². The molecule has 3 rings (SSSR count). The van der Waals surface area contributed by atoms with E-state index >= 15 is 0 Å². The first-order valence-corrected chi connectivity index (χ1v) is 8.54. The summed E-state index contributed by atoms with van der Waals surface area (Å²) < 4.78 is 31.2. The van der Waals surface area contributed by atoms with Gasteiger partial charge in [-0.15, -0.1) is 0 Å². The molecule has 1 aliphatic heterocycles. The van der Waals surface area contributed by atoms with Gasteiger partial charge >= 0.3 is 0 Å². The van der Waals surface area contributed by atoms with Crippen LogP contribution in [0.5, 0.6) is 17.2 Å². The molecule has 2 aromatic carbocycles. The van der Waals surface area contributed by atoms with Gasteiger partial charge in [-0.05, 0) is 18.2 Å². The van der Waals surface area contributed by atoms with Crippen LogP contribution in [0.2, 0.25) is 10.0 Å². The highest BCUT2D eigenvalue weighted by Crippen LogP contribution is 2.40. The number of fused-ring (bicyclic) bond motifs is 1. The summed E-state index contributed by atoms with van der Waals surface area (Å²) in [5, 5.41) is 0.838. The van der Waals surface area contributed by atoms with Crippen molar-refractivity contribution in [3.63, 3.8) is 0 Å². The Morgan fingerprint density at radius 2 is 2.00 bits per heavy atom. The van der Waals surface area contributed by atoms with Crippen molar-refractivity contribution in [2.24, 2.45) is 0 Å². The third-order valence-electron chi connectivity index (χ3n) is 3.35. The summed E-state index contributed by atoms with van der Waals surface area (Å²) >= 11 is 10.3. The Morgan fingerprint density at radius 1 is 1.27 bits per heavy atom. The van der Waals surface area contributed by atoms with E-state index in [4.69, 9.17) is 37.2 Å². The number of rotatable bonds is 4. The van der Waals surface area contributed by atoms with Crippen LogP contribution in [0.15, 0.2) is 36.4 Å². The average Bonchev–Trinajstić information content (AvgIpc) is 2.85. The Kier molecular flexibility index (Phi) is 4.59. The van der Waals surface area contributed by atoms with Crippen molar-refractivity contribution in [2.75, 3.05) is 12.4 Å². The molecule has 0 amide bonds. The summed E-state index contributed by atoms with van der Waals surface area (Å²) in [6, 6.07) is 10.5. The first-order valence-electron chi connectivity index (χ1n) is 6.50. The molecule has 2 unspecified atom stereocenters. The van der Waals surface area contributed by atoms with Crippen molar-refractivity contribution in [2.45, 2.75) is 5.92 Å². The summed E-state index contributed by atoms with van der Waals surface area (Å²) in [7, 11) is 0. The molecule has 2 atom stereocenters. The van der Waals surface area contributed by atoms with Crippen LogP contribution in [0, 0.1) is 0 Å². The summed E-state index contributed by atoms with van der Waals surface area (Å²) in [6.45, 7) is 0.387. The SMILES string of the molecule is O=S(O)CC1COc2cc(Oc3c(Cl)cccc3Cl)ccc21. The normalized spacial score (nSPS) is 17.7. The fourth-order valence-electron chi connectivity index (χ4n) is 2.33. The Bertz CT molecular complexity index is 715. The number of benzene rings is 2. The maximum atomic E-state index is 10.9. The van der Waals surface area contributed by atoms with Crippen LogP contribution in [0.3, 0.4) is 0 Å². The van der Waals surface area contributed by atoms with E-state index in [1.165, 1.54) is 0 Å². The molecule has 1 N–H and O–H groups in total. The van der Waals surface area contributed by atoms with Gasteiger partial charge in [0.2, 0.25) is 0 Å². The van der Waals surface area contributed by atoms with E-state index in [-0.39, 0.29) is 11.7 Å². The Hall–Kier alpha value is -1.27. The number of ether oxygens (including phenoxy) is 2. The summed E-state index contributed by atoms with van der Waals surface area (Å²) in [5.74, 6) is 1.65. The molecule has 0 bridgehead atoms. The monoisotopic (exact) mass is 358 g/mol. The lowest BCUT2D eigenvalue weighted by Crippen LogP contribution is -2.10. The van der Waals surface area contributed by atoms with Gasteiger partial charge in [0.25, 0.3) is 0 Å². The fourth-order valence-corrected chi connectivity index (χ4v) is 3.42. The molecule has 0 aliphatic carbocycles. The van der Waals surface area contributed by atoms with Crippen LogP contribution in [0.4, 0.5) is 0 Å². The lowest BCUT2D eigenvalue weighted by Gasteiger charge is -2.11. The predicted octanol–water partition coefficient (Wildman–Crippen LogP) is 4.48. The van der Waals surface area contributed by atoms with Gasteiger partial charge in [0.05, 0.1) is 22.4 Å². The first-order chi connectivity index (χ1) is 10.5. The molecular formula is C15H12Cl2O4S. The molecule has 0 fully saturated rings. The molecule has 1 aliphatic rings. The Balaban J connectivity index is 1.85. The van der Waals surface area contributed by atoms with E-state index in [1.807, 2.05) is 6.07 Å². The summed E-state index contributed by atoms with van der Waals surface area (Å²) in [5.41, 5.74) is 0.903. The van der Waals surface area contributed by atoms with Crippen molar-refractivity contribution < 1.29 is 18.2 Å². The van der Waals surface area contributed by atoms with Gasteiger partial charge in [-0.2, -0.15) is 0 Å². The lowest BCUT2D eigenvalue weighted by atomic mass is 10.0. The average molecular weight is 359 g/mol. The maximum absolute atomic E-state index is 10.9. The number of halogens is 2. The Morgan fingerprint density at radius 3 is 2.68 bits per heavy atom. The lowest BCUT2D eigenvalue weighted by molar-refractivity contribution is 0.336. The molecule has 116 valence electrons. The van der Waals surface area contributed by atoms with E-state index in [9.17, 15) is 4.21 Å². The number of para-hydroxylation sites is 1. The quantitative estimate of drug-likeness (QED) is 0.818. The smallest absolute Gasteiger partial charge is 0.164 e. The van der Waals surface area contributed by atoms with Crippen molar-refractivity contribution in [1.29, 1.82) is 0 Å². The van der Waals surface area contributed by atoms with E-state index in [2.05, 4.69) is 0 Å². The van der Waals surface area contributed by atoms with Crippen LogP contribution >= 0.6 is 23.2 Å². The second-order valence-electron chi connectivity index (χ2n) is 4.85. The van der Waals surface area contributed by atoms with E-state index in [0.717, 1.165) is 5.56 Å². The molecular weight excluding hydrogens is 347 g/mol. The van der Waals surface area contributed by atoms with Crippen LogP contribution in [0.25, 0.3) is 0 Å². The van der Waals surface area contributed by atoms with Crippen molar-refractivity contribution in [1.82, 2.24) is 0 Å². The van der Waals surface area contributed by atoms with Crippen LogP contribution in [-0.2, 0) is 11.1 Å². The zero-order valence-corrected chi connectivity index (χ0v) is 13.6. The van der Waals surface area contributed by atoms with E-state index < -0.39 is 11.1 Å². The summed E-state index contributed by atoms with van der Waals surface area (Å²) in [6.07, 6.45) is 0. The molecule has 0 saturated carbocycles. The predicted molar refractivity (Wildman–Crippen MR) is 86.9 cm³/mol. The van der Waals surface area contributed by atoms with Gasteiger partial charge in [0.15, 0.2) is 16.8 Å². The molecule has 0 spiro atoms. The molecule has 4 nitrogen and oxygen atoms in total. The first kappa shape index (κ1) is 15.6. The summed E-state index contributed by atoms with van der Waals surface area (Å²) in [4.78, 5) is 0. The number of hydrogen-bond acceptors (Lipinski definition) is 3. The fraction of sp³-hybridized carbons (Fsp3) is 0.200. The molecule has 7 heteroatoms. The minimum atomic E-state index is -1.85. The minimum Gasteiger partial charge on any atom is -0.492 e. The standard InChI is InChI=1S/C15H12Cl2O4S/c16-12-2-1-3-13(17)15(12)21-10-4-5-11-9(8-22(18)19)7-20-14(11)6-10/h1-6,9H,7-8H2,(H,18,19). The highest BCUT2D eigenvalue weighted by molar-refractivity contribution is 7.79. The largest absolute Gasteiger partial charge is 0.492 e. The molecule has 0 radical (unpaired) electrons. The third kappa shape index (κ3) is 3.22. The number of hydrogen-bond donors (Lipinski definition) is 1. The highest BCUT2D eigenvalue weighted by atomic mass is 35.5. The van der Waals surface area contributed by atoms with Crippen molar-refractivity contribution in [3.05, 3.63) is 52.0 Å². The maximum Gasteiger partial charge on any atom is 0.164 e. The van der Waals surface area contributed by atoms with Crippen molar-refractivity contribution >= 4 is 34.3 Å². The highest BCUT2D eigenvalue weighted by Gasteiger charge is 2.26. The van der Waals surface area contributed by atoms with Crippen molar-refractivity contribution in [3.8, 4) is 17.2 Å². The van der Waals surface area contributed by atoms with Crippen LogP contribution in [-0.4, -0.2) is 21.1 Å².